The molecule has 0 unspecified atom stereocenters. The molecule has 2 aromatic carbocycles. The van der Waals surface area contributed by atoms with Crippen molar-refractivity contribution in [3.63, 3.8) is 0 Å². The first kappa shape index (κ1) is 15.5. The number of benzene rings is 2. The largest absolute Gasteiger partial charge is 0.273 e. The van der Waals surface area contributed by atoms with Gasteiger partial charge >= 0.3 is 0 Å². The topological polar surface area (TPSA) is 37.4 Å². The molecule has 0 N–H and O–H groups in total. The number of sulfonamides is 1. The first-order valence-electron chi connectivity index (χ1n) is 5.62. The molecule has 2 aromatic rings. The lowest BCUT2D eigenvalue weighted by atomic mass is 10.3. The van der Waals surface area contributed by atoms with Crippen molar-refractivity contribution in [2.24, 2.45) is 0 Å². The van der Waals surface area contributed by atoms with Crippen LogP contribution in [0, 0.1) is 0 Å². The second-order valence-corrected chi connectivity index (χ2v) is 8.43. The molecule has 0 bridgehead atoms. The second kappa shape index (κ2) is 6.72. The molecule has 20 heavy (non-hydrogen) atoms. The number of para-hydroxylation sites is 1. The van der Waals surface area contributed by atoms with Gasteiger partial charge in [-0.3, -0.25) is 0 Å². The number of rotatable bonds is 5. The van der Waals surface area contributed by atoms with Crippen molar-refractivity contribution in [2.75, 3.05) is 3.71 Å². The second-order valence-electron chi connectivity index (χ2n) is 3.75. The molecule has 0 amide bonds. The Morgan fingerprint density at radius 1 is 0.900 bits per heavy atom. The lowest BCUT2D eigenvalue weighted by Crippen LogP contribution is -2.25. The molecule has 0 atom stereocenters. The summed E-state index contributed by atoms with van der Waals surface area (Å²) in [5.41, 5.74) is 0.493. The molecule has 3 nitrogen and oxygen atoms in total. The van der Waals surface area contributed by atoms with Crippen molar-refractivity contribution < 1.29 is 8.42 Å². The first-order chi connectivity index (χ1) is 9.51. The van der Waals surface area contributed by atoms with E-state index in [1.165, 1.54) is 12.1 Å². The maximum absolute atomic E-state index is 12.7. The van der Waals surface area contributed by atoms with Gasteiger partial charge in [-0.05, 0) is 24.3 Å². The zero-order chi connectivity index (χ0) is 14.6. The summed E-state index contributed by atoms with van der Waals surface area (Å²) in [5.74, 6) is 0. The number of alkyl halides is 2. The van der Waals surface area contributed by atoms with E-state index in [1.807, 2.05) is 0 Å². The SMILES string of the molecule is O=S(=O)(c1ccccc1)N(SC(Cl)Cl)c1ccccc1. The zero-order valence-electron chi connectivity index (χ0n) is 10.2. The summed E-state index contributed by atoms with van der Waals surface area (Å²) in [4.78, 5) is 0.185. The minimum Gasteiger partial charge on any atom is -0.205 e. The Kier molecular flexibility index (Phi) is 5.21. The van der Waals surface area contributed by atoms with Crippen LogP contribution in [-0.4, -0.2) is 12.6 Å². The summed E-state index contributed by atoms with van der Waals surface area (Å²) in [6.07, 6.45) is 0. The molecule has 0 heterocycles. The van der Waals surface area contributed by atoms with Crippen LogP contribution in [0.3, 0.4) is 0 Å². The monoisotopic (exact) mass is 347 g/mol. The number of nitrogens with zero attached hydrogens (tertiary/aromatic N) is 1. The predicted octanol–water partition coefficient (Wildman–Crippen LogP) is 4.29. The van der Waals surface area contributed by atoms with Crippen LogP contribution in [0.4, 0.5) is 5.69 Å². The van der Waals surface area contributed by atoms with Crippen LogP contribution in [0.25, 0.3) is 0 Å². The van der Waals surface area contributed by atoms with Gasteiger partial charge in [0.05, 0.1) is 10.6 Å². The highest BCUT2D eigenvalue weighted by atomic mass is 35.5. The normalized spacial score (nSPS) is 11.6. The summed E-state index contributed by atoms with van der Waals surface area (Å²) < 4.78 is 25.5. The predicted molar refractivity (Wildman–Crippen MR) is 85.6 cm³/mol. The van der Waals surface area contributed by atoms with Gasteiger partial charge in [0.15, 0.2) is 4.17 Å². The highest BCUT2D eigenvalue weighted by Gasteiger charge is 2.27. The third kappa shape index (κ3) is 3.61. The number of halogens is 2. The van der Waals surface area contributed by atoms with Crippen LogP contribution in [0.5, 0.6) is 0 Å². The van der Waals surface area contributed by atoms with Gasteiger partial charge in [0.25, 0.3) is 10.0 Å². The van der Waals surface area contributed by atoms with Crippen LogP contribution in [-0.2, 0) is 10.0 Å². The average Bonchev–Trinajstić information content (AvgIpc) is 2.46. The Morgan fingerprint density at radius 3 is 1.90 bits per heavy atom. The third-order valence-electron chi connectivity index (χ3n) is 2.40. The molecule has 7 heteroatoms. The van der Waals surface area contributed by atoms with E-state index >= 15 is 0 Å². The maximum Gasteiger partial charge on any atom is 0.273 e. The van der Waals surface area contributed by atoms with E-state index in [0.717, 1.165) is 15.7 Å². The van der Waals surface area contributed by atoms with Gasteiger partial charge in [-0.15, -0.1) is 0 Å². The summed E-state index contributed by atoms with van der Waals surface area (Å²) in [5, 5.41) is 0. The minimum absolute atomic E-state index is 0.185. The van der Waals surface area contributed by atoms with Crippen LogP contribution < -0.4 is 3.71 Å². The van der Waals surface area contributed by atoms with Crippen molar-refractivity contribution in [3.8, 4) is 0 Å². The summed E-state index contributed by atoms with van der Waals surface area (Å²) in [6.45, 7) is 0. The van der Waals surface area contributed by atoms with Crippen molar-refractivity contribution in [1.29, 1.82) is 0 Å². The summed E-state index contributed by atoms with van der Waals surface area (Å²) in [7, 11) is -3.72. The zero-order valence-corrected chi connectivity index (χ0v) is 13.3. The quantitative estimate of drug-likeness (QED) is 0.597. The van der Waals surface area contributed by atoms with E-state index in [2.05, 4.69) is 0 Å². The van der Waals surface area contributed by atoms with E-state index < -0.39 is 14.2 Å². The van der Waals surface area contributed by atoms with Gasteiger partial charge in [0.2, 0.25) is 0 Å². The fourth-order valence-electron chi connectivity index (χ4n) is 1.57. The lowest BCUT2D eigenvalue weighted by Gasteiger charge is -2.23. The number of anilines is 1. The molecule has 0 spiro atoms. The van der Waals surface area contributed by atoms with E-state index in [1.54, 1.807) is 48.5 Å². The van der Waals surface area contributed by atoms with E-state index in [4.69, 9.17) is 23.2 Å². The summed E-state index contributed by atoms with van der Waals surface area (Å²) >= 11 is 12.3. The molecule has 0 aromatic heterocycles. The first-order valence-corrected chi connectivity index (χ1v) is 8.77. The molecule has 0 aliphatic rings. The standard InChI is InChI=1S/C13H11Cl2NO2S2/c14-13(15)19-16(11-7-3-1-4-8-11)20(17,18)12-9-5-2-6-10-12/h1-10,13H. The van der Waals surface area contributed by atoms with Gasteiger partial charge in [0.1, 0.15) is 0 Å². The molecule has 2 rings (SSSR count). The lowest BCUT2D eigenvalue weighted by molar-refractivity contribution is 0.598. The molecule has 0 saturated heterocycles. The van der Waals surface area contributed by atoms with Crippen molar-refractivity contribution in [2.45, 2.75) is 9.06 Å². The molecular formula is C13H11Cl2NO2S2. The maximum atomic E-state index is 12.7. The molecule has 0 fully saturated rings. The Bertz CT molecular complexity index is 649. The summed E-state index contributed by atoms with van der Waals surface area (Å²) in [6, 6.07) is 16.8. The van der Waals surface area contributed by atoms with E-state index in [9.17, 15) is 8.42 Å². The molecule has 0 aliphatic heterocycles. The van der Waals surface area contributed by atoms with Gasteiger partial charge in [0, 0.05) is 11.9 Å². The fourth-order valence-corrected chi connectivity index (χ4v) is 4.78. The van der Waals surface area contributed by atoms with Gasteiger partial charge in [-0.2, -0.15) is 0 Å². The number of hydrogen-bond acceptors (Lipinski definition) is 3. The Labute approximate surface area is 132 Å². The Balaban J connectivity index is 2.47. The van der Waals surface area contributed by atoms with Crippen LogP contribution in [0.15, 0.2) is 65.6 Å². The van der Waals surface area contributed by atoms with Crippen LogP contribution in [0.2, 0.25) is 0 Å². The van der Waals surface area contributed by atoms with Gasteiger partial charge in [-0.25, -0.2) is 12.1 Å². The smallest absolute Gasteiger partial charge is 0.205 e. The van der Waals surface area contributed by atoms with Crippen LogP contribution in [0.1, 0.15) is 0 Å². The van der Waals surface area contributed by atoms with E-state index in [-0.39, 0.29) is 4.90 Å². The number of hydrogen-bond donors (Lipinski definition) is 0. The molecule has 0 aliphatic carbocycles. The van der Waals surface area contributed by atoms with Crippen molar-refractivity contribution in [1.82, 2.24) is 0 Å². The van der Waals surface area contributed by atoms with Gasteiger partial charge in [-0.1, -0.05) is 59.6 Å². The fraction of sp³-hybridized carbons (Fsp3) is 0.0769. The Hall–Kier alpha value is -0.880. The highest BCUT2D eigenvalue weighted by molar-refractivity contribution is 8.16. The van der Waals surface area contributed by atoms with Crippen molar-refractivity contribution >= 4 is 50.9 Å². The third-order valence-corrected chi connectivity index (χ3v) is 5.80. The van der Waals surface area contributed by atoms with Crippen LogP contribution >= 0.6 is 35.1 Å². The molecule has 106 valence electrons. The minimum atomic E-state index is -3.72. The molecule has 0 radical (unpaired) electrons. The Morgan fingerprint density at radius 2 is 1.40 bits per heavy atom. The molecule has 0 saturated carbocycles. The van der Waals surface area contributed by atoms with E-state index in [0.29, 0.717) is 5.69 Å². The highest BCUT2D eigenvalue weighted by Crippen LogP contribution is 2.35. The average molecular weight is 348 g/mol. The van der Waals surface area contributed by atoms with Gasteiger partial charge < -0.3 is 0 Å². The van der Waals surface area contributed by atoms with Crippen molar-refractivity contribution in [3.05, 3.63) is 60.7 Å². The molecular weight excluding hydrogens is 337 g/mol.